The van der Waals surface area contributed by atoms with Crippen LogP contribution in [0, 0.1) is 6.92 Å². The van der Waals surface area contributed by atoms with Gasteiger partial charge in [-0.1, -0.05) is 22.0 Å². The first-order valence-electron chi connectivity index (χ1n) is 7.98. The third-order valence-electron chi connectivity index (χ3n) is 3.92. The molecule has 1 N–H and O–H groups in total. The van der Waals surface area contributed by atoms with E-state index in [1.807, 2.05) is 24.8 Å². The first-order valence-corrected chi connectivity index (χ1v) is 10.2. The monoisotopic (exact) mass is 417 g/mol. The highest BCUT2D eigenvalue weighted by molar-refractivity contribution is 9.10. The molecule has 1 amide bonds. The van der Waals surface area contributed by atoms with Gasteiger partial charge in [-0.15, -0.1) is 0 Å². The minimum absolute atomic E-state index is 0.0239. The number of nitrogens with zero attached hydrogens (tertiary/aromatic N) is 2. The van der Waals surface area contributed by atoms with Crippen LogP contribution in [0.3, 0.4) is 0 Å². The standard InChI is InChI=1S/C16H24BrN3O3S/c1-12(2)18-16(21)11-19-6-8-20(9-7-19)24(22,23)15-10-14(17)5-4-13(15)3/h4-5,10,12H,6-9,11H2,1-3H3,(H,18,21). The van der Waals surface area contributed by atoms with Crippen LogP contribution >= 0.6 is 15.9 Å². The predicted molar refractivity (Wildman–Crippen MR) is 97.4 cm³/mol. The SMILES string of the molecule is Cc1ccc(Br)cc1S(=O)(=O)N1CCN(CC(=O)NC(C)C)CC1. The lowest BCUT2D eigenvalue weighted by Gasteiger charge is -2.34. The second-order valence-corrected chi connectivity index (χ2v) is 9.13. The predicted octanol–water partition coefficient (Wildman–Crippen LogP) is 1.59. The highest BCUT2D eigenvalue weighted by atomic mass is 79.9. The summed E-state index contributed by atoms with van der Waals surface area (Å²) in [5.74, 6) is -0.0239. The van der Waals surface area contributed by atoms with Gasteiger partial charge in [0.1, 0.15) is 0 Å². The molecule has 6 nitrogen and oxygen atoms in total. The lowest BCUT2D eigenvalue weighted by atomic mass is 10.2. The zero-order chi connectivity index (χ0) is 17.9. The molecule has 0 spiro atoms. The highest BCUT2D eigenvalue weighted by Crippen LogP contribution is 2.24. The van der Waals surface area contributed by atoms with Gasteiger partial charge in [0.2, 0.25) is 15.9 Å². The molecule has 0 atom stereocenters. The molecular weight excluding hydrogens is 394 g/mol. The Morgan fingerprint density at radius 3 is 2.46 bits per heavy atom. The van der Waals surface area contributed by atoms with E-state index in [0.717, 1.165) is 10.0 Å². The van der Waals surface area contributed by atoms with Crippen LogP contribution in [-0.2, 0) is 14.8 Å². The minimum Gasteiger partial charge on any atom is -0.353 e. The van der Waals surface area contributed by atoms with Crippen LogP contribution in [0.4, 0.5) is 0 Å². The van der Waals surface area contributed by atoms with Gasteiger partial charge in [-0.25, -0.2) is 8.42 Å². The Hall–Kier alpha value is -0.960. The largest absolute Gasteiger partial charge is 0.353 e. The number of hydrogen-bond acceptors (Lipinski definition) is 4. The van der Waals surface area contributed by atoms with Gasteiger partial charge in [-0.2, -0.15) is 4.31 Å². The second kappa shape index (κ2) is 7.95. The van der Waals surface area contributed by atoms with Crippen molar-refractivity contribution in [2.24, 2.45) is 0 Å². The number of aryl methyl sites for hydroxylation is 1. The molecule has 2 rings (SSSR count). The number of benzene rings is 1. The van der Waals surface area contributed by atoms with E-state index in [4.69, 9.17) is 0 Å². The normalized spacial score (nSPS) is 17.2. The van der Waals surface area contributed by atoms with Crippen molar-refractivity contribution in [3.05, 3.63) is 28.2 Å². The molecule has 1 aromatic rings. The van der Waals surface area contributed by atoms with Gasteiger partial charge < -0.3 is 5.32 Å². The van der Waals surface area contributed by atoms with Gasteiger partial charge in [0.25, 0.3) is 0 Å². The maximum atomic E-state index is 12.8. The molecule has 0 saturated carbocycles. The third kappa shape index (κ3) is 4.78. The van der Waals surface area contributed by atoms with Crippen LogP contribution < -0.4 is 5.32 Å². The second-order valence-electron chi connectivity index (χ2n) is 6.31. The number of carbonyl (C=O) groups is 1. The van der Waals surface area contributed by atoms with Crippen LogP contribution in [0.1, 0.15) is 19.4 Å². The van der Waals surface area contributed by atoms with E-state index in [9.17, 15) is 13.2 Å². The van der Waals surface area contributed by atoms with Crippen LogP contribution in [0.25, 0.3) is 0 Å². The Morgan fingerprint density at radius 2 is 1.88 bits per heavy atom. The topological polar surface area (TPSA) is 69.7 Å². The van der Waals surface area contributed by atoms with E-state index in [1.165, 1.54) is 4.31 Å². The number of halogens is 1. The molecule has 8 heteroatoms. The van der Waals surface area contributed by atoms with Crippen molar-refractivity contribution in [3.63, 3.8) is 0 Å². The fourth-order valence-corrected chi connectivity index (χ4v) is 4.88. The molecule has 1 heterocycles. The number of rotatable bonds is 5. The van der Waals surface area contributed by atoms with E-state index in [2.05, 4.69) is 21.2 Å². The first-order chi connectivity index (χ1) is 11.2. The van der Waals surface area contributed by atoms with Crippen molar-refractivity contribution in [2.75, 3.05) is 32.7 Å². The minimum atomic E-state index is -3.51. The molecule has 1 fully saturated rings. The lowest BCUT2D eigenvalue weighted by Crippen LogP contribution is -2.51. The summed E-state index contributed by atoms with van der Waals surface area (Å²) in [4.78, 5) is 14.1. The van der Waals surface area contributed by atoms with Gasteiger partial charge in [0.15, 0.2) is 0 Å². The van der Waals surface area contributed by atoms with Crippen molar-refractivity contribution in [1.29, 1.82) is 0 Å². The fraction of sp³-hybridized carbons (Fsp3) is 0.562. The zero-order valence-electron chi connectivity index (χ0n) is 14.3. The molecule has 0 aliphatic carbocycles. The van der Waals surface area contributed by atoms with E-state index in [0.29, 0.717) is 37.6 Å². The van der Waals surface area contributed by atoms with Crippen LogP contribution in [-0.4, -0.2) is 62.3 Å². The van der Waals surface area contributed by atoms with Gasteiger partial charge in [-0.3, -0.25) is 9.69 Å². The number of piperazine rings is 1. The summed E-state index contributed by atoms with van der Waals surface area (Å²) in [5.41, 5.74) is 0.733. The first kappa shape index (κ1) is 19.4. The summed E-state index contributed by atoms with van der Waals surface area (Å²) >= 11 is 3.33. The number of amides is 1. The number of sulfonamides is 1. The number of carbonyl (C=O) groups excluding carboxylic acids is 1. The van der Waals surface area contributed by atoms with Crippen molar-refractivity contribution in [1.82, 2.24) is 14.5 Å². The average Bonchev–Trinajstić information content (AvgIpc) is 2.49. The van der Waals surface area contributed by atoms with Crippen molar-refractivity contribution in [3.8, 4) is 0 Å². The molecule has 1 aliphatic heterocycles. The highest BCUT2D eigenvalue weighted by Gasteiger charge is 2.30. The summed E-state index contributed by atoms with van der Waals surface area (Å²) in [7, 11) is -3.51. The van der Waals surface area contributed by atoms with E-state index < -0.39 is 10.0 Å². The van der Waals surface area contributed by atoms with Crippen LogP contribution in [0.5, 0.6) is 0 Å². The van der Waals surface area contributed by atoms with E-state index >= 15 is 0 Å². The van der Waals surface area contributed by atoms with Crippen LogP contribution in [0.15, 0.2) is 27.6 Å². The van der Waals surface area contributed by atoms with E-state index in [-0.39, 0.29) is 11.9 Å². The molecule has 1 saturated heterocycles. The quantitative estimate of drug-likeness (QED) is 0.789. The van der Waals surface area contributed by atoms with Crippen molar-refractivity contribution < 1.29 is 13.2 Å². The molecule has 0 bridgehead atoms. The molecule has 0 aromatic heterocycles. The maximum Gasteiger partial charge on any atom is 0.243 e. The van der Waals surface area contributed by atoms with Crippen molar-refractivity contribution in [2.45, 2.75) is 31.7 Å². The summed E-state index contributed by atoms with van der Waals surface area (Å²) in [6, 6.07) is 5.38. The van der Waals surface area contributed by atoms with Crippen LogP contribution in [0.2, 0.25) is 0 Å². The molecular formula is C16H24BrN3O3S. The van der Waals surface area contributed by atoms with Gasteiger partial charge in [0.05, 0.1) is 11.4 Å². The molecule has 134 valence electrons. The lowest BCUT2D eigenvalue weighted by molar-refractivity contribution is -0.123. The number of nitrogens with one attached hydrogen (secondary N) is 1. The summed E-state index contributed by atoms with van der Waals surface area (Å²) < 4.78 is 27.9. The Morgan fingerprint density at radius 1 is 1.25 bits per heavy atom. The number of hydrogen-bond donors (Lipinski definition) is 1. The van der Waals surface area contributed by atoms with Gasteiger partial charge in [0, 0.05) is 36.7 Å². The zero-order valence-corrected chi connectivity index (χ0v) is 16.7. The summed E-state index contributed by atoms with van der Waals surface area (Å²) in [6.45, 7) is 7.83. The Labute approximate surface area is 152 Å². The Bertz CT molecular complexity index is 699. The Balaban J connectivity index is 2.01. The molecule has 1 aliphatic rings. The Kier molecular flexibility index (Phi) is 6.41. The molecule has 0 unspecified atom stereocenters. The summed E-state index contributed by atoms with van der Waals surface area (Å²) in [6.07, 6.45) is 0. The molecule has 24 heavy (non-hydrogen) atoms. The fourth-order valence-electron chi connectivity index (χ4n) is 2.69. The van der Waals surface area contributed by atoms with Gasteiger partial charge in [-0.05, 0) is 38.5 Å². The molecule has 1 aromatic carbocycles. The molecule has 0 radical (unpaired) electrons. The van der Waals surface area contributed by atoms with E-state index in [1.54, 1.807) is 19.1 Å². The summed E-state index contributed by atoms with van der Waals surface area (Å²) in [5, 5.41) is 2.85. The smallest absolute Gasteiger partial charge is 0.243 e. The van der Waals surface area contributed by atoms with Gasteiger partial charge >= 0.3 is 0 Å². The maximum absolute atomic E-state index is 12.8. The average molecular weight is 418 g/mol. The third-order valence-corrected chi connectivity index (χ3v) is 6.45. The van der Waals surface area contributed by atoms with Crippen molar-refractivity contribution >= 4 is 31.9 Å².